The summed E-state index contributed by atoms with van der Waals surface area (Å²) in [5, 5.41) is 11.4. The van der Waals surface area contributed by atoms with E-state index in [1.807, 2.05) is 30.3 Å². The molecular formula is C54H52N3OPt-. The molecule has 5 heteroatoms. The Morgan fingerprint density at radius 3 is 1.90 bits per heavy atom. The standard InChI is InChI=1S/C54H52N3O.Pt/c1-52(2,3)40-24-22-36(23-25-40)45-34-41(53(4,5)6)26-27-47(45)57-48-20-15-19-43(50(48)56-51(57)44-18-13-14-21-49(44)58)38-30-39(32-42(31-38)54(7,8)9)46-33-37(28-29-55-46)35-16-11-10-12-17-35;/h10-29,31-34,58H,1-9H3;/q-1;/i10D,11D,12D,16D,17D;. The number of para-hydroxylation sites is 2. The van der Waals surface area contributed by atoms with Crippen LogP contribution in [0.1, 0.15) is 85.9 Å². The number of benzene rings is 6. The molecule has 0 atom stereocenters. The van der Waals surface area contributed by atoms with Gasteiger partial charge in [-0.05, 0) is 80.5 Å². The first-order valence-corrected chi connectivity index (χ1v) is 19.8. The molecule has 8 rings (SSSR count). The Kier molecular flexibility index (Phi) is 9.53. The molecule has 300 valence electrons. The van der Waals surface area contributed by atoms with E-state index in [-0.39, 0.29) is 72.8 Å². The zero-order valence-electron chi connectivity index (χ0n) is 40.1. The van der Waals surface area contributed by atoms with Crippen molar-refractivity contribution >= 4 is 11.0 Å². The quantitative estimate of drug-likeness (QED) is 0.169. The Morgan fingerprint density at radius 1 is 0.576 bits per heavy atom. The predicted molar refractivity (Wildman–Crippen MR) is 243 cm³/mol. The molecule has 0 radical (unpaired) electrons. The smallest absolute Gasteiger partial charge is 0.148 e. The van der Waals surface area contributed by atoms with E-state index in [2.05, 4.69) is 134 Å². The van der Waals surface area contributed by atoms with Crippen LogP contribution in [0, 0.1) is 6.07 Å². The SMILES string of the molecule is [2H]c1c([2H])c([2H])c(-c2ccnc(-c3[c-]c(-c4cccc5c4nc(-c4ccccc4O)n5-c4ccc(C(C)(C)C)cc4-c4ccc(C(C)(C)C)cc4)cc(C(C)(C)C)c3)c2)c([2H])c1[2H].[Pt]. The van der Waals surface area contributed by atoms with Crippen LogP contribution in [0.25, 0.3) is 72.7 Å². The largest absolute Gasteiger partial charge is 0.507 e. The van der Waals surface area contributed by atoms with Crippen molar-refractivity contribution in [1.29, 1.82) is 0 Å². The third-order valence-electron chi connectivity index (χ3n) is 10.8. The van der Waals surface area contributed by atoms with Crippen molar-refractivity contribution in [3.05, 3.63) is 168 Å². The number of imidazole rings is 1. The van der Waals surface area contributed by atoms with Crippen molar-refractivity contribution in [3.63, 3.8) is 0 Å². The molecule has 2 aromatic heterocycles. The van der Waals surface area contributed by atoms with Crippen LogP contribution in [0.5, 0.6) is 5.75 Å². The van der Waals surface area contributed by atoms with Crippen molar-refractivity contribution in [2.45, 2.75) is 78.6 Å². The van der Waals surface area contributed by atoms with E-state index in [1.54, 1.807) is 24.4 Å². The number of nitrogens with zero attached hydrogens (tertiary/aromatic N) is 3. The molecule has 0 aliphatic heterocycles. The van der Waals surface area contributed by atoms with Gasteiger partial charge in [-0.2, -0.15) is 0 Å². The summed E-state index contributed by atoms with van der Waals surface area (Å²) in [5.74, 6) is 0.707. The molecule has 0 saturated heterocycles. The van der Waals surface area contributed by atoms with Crippen LogP contribution in [0.4, 0.5) is 0 Å². The Bertz CT molecular complexity index is 3050. The zero-order valence-corrected chi connectivity index (χ0v) is 37.3. The summed E-state index contributed by atoms with van der Waals surface area (Å²) in [5.41, 5.74) is 11.7. The zero-order chi connectivity index (χ0) is 45.3. The van der Waals surface area contributed by atoms with Crippen molar-refractivity contribution in [2.24, 2.45) is 0 Å². The van der Waals surface area contributed by atoms with Gasteiger partial charge in [0.15, 0.2) is 0 Å². The number of aromatic nitrogens is 3. The Balaban J connectivity index is 0.00000612. The van der Waals surface area contributed by atoms with E-state index in [1.165, 1.54) is 11.1 Å². The van der Waals surface area contributed by atoms with E-state index in [4.69, 9.17) is 16.8 Å². The number of fused-ring (bicyclic) bond motifs is 1. The number of phenolic OH excluding ortho intramolecular Hbond substituents is 1. The average Bonchev–Trinajstić information content (AvgIpc) is 3.63. The van der Waals surface area contributed by atoms with E-state index >= 15 is 0 Å². The van der Waals surface area contributed by atoms with Crippen LogP contribution in [-0.4, -0.2) is 19.6 Å². The number of hydrogen-bond donors (Lipinski definition) is 1. The second-order valence-corrected chi connectivity index (χ2v) is 18.1. The minimum atomic E-state index is -0.436. The minimum absolute atomic E-state index is 0. The van der Waals surface area contributed by atoms with Gasteiger partial charge < -0.3 is 5.11 Å². The second-order valence-electron chi connectivity index (χ2n) is 18.1. The van der Waals surface area contributed by atoms with E-state index in [0.717, 1.165) is 44.5 Å². The second kappa shape index (κ2) is 15.9. The number of aromatic hydroxyl groups is 1. The number of pyridine rings is 1. The maximum absolute atomic E-state index is 11.4. The van der Waals surface area contributed by atoms with Crippen LogP contribution in [-0.2, 0) is 37.3 Å². The topological polar surface area (TPSA) is 50.9 Å². The third kappa shape index (κ3) is 8.34. The predicted octanol–water partition coefficient (Wildman–Crippen LogP) is 14.2. The van der Waals surface area contributed by atoms with Gasteiger partial charge in [0.1, 0.15) is 11.6 Å². The van der Waals surface area contributed by atoms with Crippen molar-refractivity contribution < 1.29 is 33.0 Å². The van der Waals surface area contributed by atoms with Gasteiger partial charge in [-0.1, -0.05) is 164 Å². The number of hydrogen-bond acceptors (Lipinski definition) is 3. The summed E-state index contributed by atoms with van der Waals surface area (Å²) in [7, 11) is 0. The average molecular weight is 959 g/mol. The van der Waals surface area contributed by atoms with Gasteiger partial charge in [-0.25, -0.2) is 4.98 Å². The molecule has 0 aliphatic rings. The molecule has 8 aromatic rings. The fraction of sp³-hybridized carbons (Fsp3) is 0.222. The van der Waals surface area contributed by atoms with Gasteiger partial charge in [-0.3, -0.25) is 9.55 Å². The Labute approximate surface area is 371 Å². The van der Waals surface area contributed by atoms with Gasteiger partial charge in [0.05, 0.1) is 29.1 Å². The third-order valence-corrected chi connectivity index (χ3v) is 10.8. The molecule has 6 aromatic carbocycles. The minimum Gasteiger partial charge on any atom is -0.507 e. The van der Waals surface area contributed by atoms with E-state index in [0.29, 0.717) is 28.2 Å². The van der Waals surface area contributed by atoms with Gasteiger partial charge >= 0.3 is 0 Å². The molecule has 0 aliphatic carbocycles. The fourth-order valence-corrected chi connectivity index (χ4v) is 7.40. The van der Waals surface area contributed by atoms with Crippen LogP contribution < -0.4 is 0 Å². The molecule has 0 spiro atoms. The first-order chi connectivity index (χ1) is 29.6. The Morgan fingerprint density at radius 2 is 1.22 bits per heavy atom. The van der Waals surface area contributed by atoms with Gasteiger partial charge in [0.25, 0.3) is 0 Å². The monoisotopic (exact) mass is 958 g/mol. The summed E-state index contributed by atoms with van der Waals surface area (Å²) < 4.78 is 44.2. The molecule has 0 unspecified atom stereocenters. The van der Waals surface area contributed by atoms with Gasteiger partial charge in [0, 0.05) is 38.5 Å². The number of rotatable bonds is 6. The summed E-state index contributed by atoms with van der Waals surface area (Å²) in [6.45, 7) is 19.8. The molecule has 0 saturated carbocycles. The molecule has 2 heterocycles. The molecule has 0 amide bonds. The first kappa shape index (κ1) is 35.4. The van der Waals surface area contributed by atoms with E-state index < -0.39 is 6.04 Å². The summed E-state index contributed by atoms with van der Waals surface area (Å²) in [6.07, 6.45) is 1.60. The normalized spacial score (nSPS) is 13.3. The molecule has 4 nitrogen and oxygen atoms in total. The fourth-order valence-electron chi connectivity index (χ4n) is 7.40. The van der Waals surface area contributed by atoms with Crippen LogP contribution in [0.2, 0.25) is 0 Å². The van der Waals surface area contributed by atoms with Gasteiger partial charge in [0.2, 0.25) is 0 Å². The van der Waals surface area contributed by atoms with Gasteiger partial charge in [-0.15, -0.1) is 29.3 Å². The van der Waals surface area contributed by atoms with Crippen molar-refractivity contribution in [2.75, 3.05) is 0 Å². The molecule has 0 bridgehead atoms. The summed E-state index contributed by atoms with van der Waals surface area (Å²) >= 11 is 0. The molecule has 0 fully saturated rings. The molecule has 1 N–H and O–H groups in total. The van der Waals surface area contributed by atoms with Crippen LogP contribution in [0.3, 0.4) is 0 Å². The summed E-state index contributed by atoms with van der Waals surface area (Å²) in [6, 6.07) is 38.4. The van der Waals surface area contributed by atoms with E-state index in [9.17, 15) is 5.11 Å². The van der Waals surface area contributed by atoms with Crippen LogP contribution >= 0.6 is 0 Å². The Hall–Kier alpha value is -5.57. The van der Waals surface area contributed by atoms with Crippen molar-refractivity contribution in [3.8, 4) is 67.5 Å². The first-order valence-electron chi connectivity index (χ1n) is 22.3. The number of phenols is 1. The molecular weight excluding hydrogens is 902 g/mol. The van der Waals surface area contributed by atoms with Crippen molar-refractivity contribution in [1.82, 2.24) is 14.5 Å². The maximum atomic E-state index is 11.4. The maximum Gasteiger partial charge on any atom is 0.148 e. The molecule has 59 heavy (non-hydrogen) atoms. The van der Waals surface area contributed by atoms with Crippen LogP contribution in [0.15, 0.2) is 146 Å². The summed E-state index contributed by atoms with van der Waals surface area (Å²) in [4.78, 5) is 10.1.